The van der Waals surface area contributed by atoms with Crippen molar-refractivity contribution >= 4 is 0 Å². The van der Waals surface area contributed by atoms with Crippen LogP contribution < -0.4 is 0 Å². The van der Waals surface area contributed by atoms with Crippen LogP contribution >= 0.6 is 0 Å². The molecule has 14 aromatic rings. The van der Waals surface area contributed by atoms with Gasteiger partial charge >= 0.3 is 0 Å². The quantitative estimate of drug-likeness (QED) is 0.150. The van der Waals surface area contributed by atoms with Gasteiger partial charge in [0.15, 0.2) is 5.82 Å². The Bertz CT molecular complexity index is 3560. The van der Waals surface area contributed by atoms with Gasteiger partial charge in [0.05, 0.1) is 34.7 Å². The van der Waals surface area contributed by atoms with Crippen molar-refractivity contribution in [3.8, 4) is 78.7 Å². The molecule has 0 fully saturated rings. The Morgan fingerprint density at radius 1 is 0.220 bits per heavy atom. The average Bonchev–Trinajstić information content (AvgIpc) is 3.53. The predicted molar refractivity (Wildman–Crippen MR) is 372 cm³/mol. The highest BCUT2D eigenvalue weighted by Gasteiger charge is 2.03. The Morgan fingerprint density at radius 3 is 1.19 bits per heavy atom. The van der Waals surface area contributed by atoms with Crippen LogP contribution in [0.2, 0.25) is 0 Å². The summed E-state index contributed by atoms with van der Waals surface area (Å²) in [4.78, 5) is 46.3. The molecular weight excluding hydrogens is 1110 g/mol. The lowest BCUT2D eigenvalue weighted by Crippen LogP contribution is -1.89. The summed E-state index contributed by atoms with van der Waals surface area (Å²) < 4.78 is 0. The van der Waals surface area contributed by atoms with Gasteiger partial charge in [0.2, 0.25) is 0 Å². The largest absolute Gasteiger partial charge is 0.264 e. The van der Waals surface area contributed by atoms with E-state index in [2.05, 4.69) is 123 Å². The van der Waals surface area contributed by atoms with E-state index in [0.717, 1.165) is 79.5 Å². The molecule has 11 nitrogen and oxygen atoms in total. The van der Waals surface area contributed by atoms with Crippen LogP contribution in [0.1, 0.15) is 39.7 Å². The van der Waals surface area contributed by atoms with Crippen molar-refractivity contribution in [1.82, 2.24) is 54.8 Å². The monoisotopic (exact) mass is 1190 g/mol. The molecule has 91 heavy (non-hydrogen) atoms. The van der Waals surface area contributed by atoms with Crippen LogP contribution in [-0.4, -0.2) is 54.8 Å². The highest BCUT2D eigenvalue weighted by molar-refractivity contribution is 5.65. The molecule has 14 rings (SSSR count). The predicted octanol–water partition coefficient (Wildman–Crippen LogP) is 19.0. The Balaban J connectivity index is 0.000000137. The van der Waals surface area contributed by atoms with Crippen molar-refractivity contribution in [2.24, 2.45) is 0 Å². The molecule has 7 heterocycles. The van der Waals surface area contributed by atoms with E-state index in [1.54, 1.807) is 31.1 Å². The van der Waals surface area contributed by atoms with Gasteiger partial charge in [0, 0.05) is 93.8 Å². The lowest BCUT2D eigenvalue weighted by Gasteiger charge is -2.00. The molecule has 11 heteroatoms. The first-order valence-electron chi connectivity index (χ1n) is 29.8. The fraction of sp³-hybridized carbons (Fsp3) is 0.0875. The lowest BCUT2D eigenvalue weighted by molar-refractivity contribution is 1.06. The van der Waals surface area contributed by atoms with E-state index in [1.807, 2.05) is 266 Å². The van der Waals surface area contributed by atoms with E-state index < -0.39 is 0 Å². The number of aromatic nitrogens is 11. The van der Waals surface area contributed by atoms with Crippen molar-refractivity contribution in [2.45, 2.75) is 48.5 Å². The van der Waals surface area contributed by atoms with Crippen molar-refractivity contribution in [3.63, 3.8) is 0 Å². The molecule has 0 bridgehead atoms. The zero-order chi connectivity index (χ0) is 63.7. The SMILES string of the molecule is Cc1cc(-c2ccccc2)ccn1.Cc1cc(-c2ccccc2)ncn1.Cc1ccnc(-c2ccccc2)c1.Cc1ccnc(-c2ccccc2)n1.Cc1cncc(-c2ccccc2)c1.Cc1cncc(-c2ccccc2)n1.Cc1nccc(-c2ccccc2)n1. The summed E-state index contributed by atoms with van der Waals surface area (Å²) in [6, 6.07) is 87.2. The number of benzene rings is 7. The molecule has 7 aromatic heterocycles. The number of nitrogens with zero attached hydrogens (tertiary/aromatic N) is 11. The van der Waals surface area contributed by atoms with E-state index in [0.29, 0.717) is 0 Å². The Labute approximate surface area is 535 Å². The van der Waals surface area contributed by atoms with E-state index >= 15 is 0 Å². The first-order valence-corrected chi connectivity index (χ1v) is 29.8. The molecule has 0 N–H and O–H groups in total. The topological polar surface area (TPSA) is 142 Å². The molecule has 0 saturated heterocycles. The fourth-order valence-corrected chi connectivity index (χ4v) is 8.84. The molecular formula is C80H73N11. The van der Waals surface area contributed by atoms with Gasteiger partial charge in [0.25, 0.3) is 0 Å². The normalized spacial score (nSPS) is 9.92. The summed E-state index contributed by atoms with van der Waals surface area (Å²) in [5.74, 6) is 1.60. The van der Waals surface area contributed by atoms with Crippen LogP contribution in [0.4, 0.5) is 0 Å². The minimum absolute atomic E-state index is 0.792. The van der Waals surface area contributed by atoms with Crippen molar-refractivity contribution in [1.29, 1.82) is 0 Å². The third kappa shape index (κ3) is 22.5. The minimum Gasteiger partial charge on any atom is -0.264 e. The van der Waals surface area contributed by atoms with Crippen LogP contribution in [0.15, 0.2) is 317 Å². The second-order valence-electron chi connectivity index (χ2n) is 20.8. The number of rotatable bonds is 7. The zero-order valence-electron chi connectivity index (χ0n) is 52.4. The summed E-state index contributed by atoms with van der Waals surface area (Å²) in [7, 11) is 0. The molecule has 0 amide bonds. The maximum atomic E-state index is 4.38. The molecule has 0 saturated carbocycles. The fourth-order valence-electron chi connectivity index (χ4n) is 8.84. The first kappa shape index (κ1) is 65.3. The van der Waals surface area contributed by atoms with Gasteiger partial charge in [-0.2, -0.15) is 0 Å². The number of hydrogen-bond donors (Lipinski definition) is 0. The Kier molecular flexibility index (Phi) is 25.7. The first-order chi connectivity index (χ1) is 44.5. The van der Waals surface area contributed by atoms with Crippen molar-refractivity contribution < 1.29 is 0 Å². The number of pyridine rings is 3. The molecule has 0 unspecified atom stereocenters. The van der Waals surface area contributed by atoms with Gasteiger partial charge < -0.3 is 0 Å². The molecule has 448 valence electrons. The van der Waals surface area contributed by atoms with Crippen LogP contribution in [0.3, 0.4) is 0 Å². The Morgan fingerprint density at radius 2 is 0.681 bits per heavy atom. The number of aryl methyl sites for hydroxylation is 7. The van der Waals surface area contributed by atoms with Gasteiger partial charge in [-0.3, -0.25) is 19.9 Å². The van der Waals surface area contributed by atoms with Gasteiger partial charge in [-0.05, 0) is 125 Å². The molecule has 0 aliphatic rings. The smallest absolute Gasteiger partial charge is 0.159 e. The van der Waals surface area contributed by atoms with Crippen LogP contribution in [0.5, 0.6) is 0 Å². The summed E-state index contributed by atoms with van der Waals surface area (Å²) in [6.45, 7) is 13.9. The van der Waals surface area contributed by atoms with Gasteiger partial charge in [-0.15, -0.1) is 0 Å². The molecule has 0 aliphatic carbocycles. The summed E-state index contributed by atoms with van der Waals surface area (Å²) in [5.41, 5.74) is 20.8. The Hall–Kier alpha value is -11.7. The van der Waals surface area contributed by atoms with Gasteiger partial charge in [0.1, 0.15) is 12.2 Å². The van der Waals surface area contributed by atoms with E-state index in [1.165, 1.54) is 38.9 Å². The maximum absolute atomic E-state index is 4.38. The average molecular weight is 1190 g/mol. The second-order valence-corrected chi connectivity index (χ2v) is 20.8. The van der Waals surface area contributed by atoms with Gasteiger partial charge in [-0.25, -0.2) is 34.9 Å². The molecule has 0 atom stereocenters. The second kappa shape index (κ2) is 35.8. The molecule has 0 spiro atoms. The highest BCUT2D eigenvalue weighted by Crippen LogP contribution is 2.22. The number of hydrogen-bond acceptors (Lipinski definition) is 11. The van der Waals surface area contributed by atoms with Crippen LogP contribution in [-0.2, 0) is 0 Å². The van der Waals surface area contributed by atoms with Crippen LogP contribution in [0, 0.1) is 48.5 Å². The minimum atomic E-state index is 0.792. The summed E-state index contributed by atoms with van der Waals surface area (Å²) >= 11 is 0. The van der Waals surface area contributed by atoms with Crippen molar-refractivity contribution in [3.05, 3.63) is 356 Å². The maximum Gasteiger partial charge on any atom is 0.159 e. The third-order valence-electron chi connectivity index (χ3n) is 13.3. The third-order valence-corrected chi connectivity index (χ3v) is 13.3. The van der Waals surface area contributed by atoms with Crippen molar-refractivity contribution in [2.75, 3.05) is 0 Å². The van der Waals surface area contributed by atoms with E-state index in [4.69, 9.17) is 0 Å². The summed E-state index contributed by atoms with van der Waals surface area (Å²) in [5, 5.41) is 0. The standard InChI is InChI=1S/3C12H11N.4C11H10N2/c1-10-7-12(9-13-8-10)11-5-3-2-4-6-11;1-10-9-12(7-8-13-10)11-5-3-2-4-6-11;1-10-7-8-13-12(9-10)11-5-3-2-4-6-11;1-9-7-12-8-11(13-9)10-5-3-2-4-6-10;1-9-7-11(13-8-12-9)10-5-3-2-4-6-10;1-9-12-8-7-11(13-9)10-5-3-2-4-6-10;1-9-7-8-12-11(13-9)10-5-3-2-4-6-10/h3*2-9H,1H3;4*2-8H,1H3. The molecule has 7 aromatic carbocycles. The van der Waals surface area contributed by atoms with E-state index in [9.17, 15) is 0 Å². The molecule has 0 radical (unpaired) electrons. The zero-order valence-corrected chi connectivity index (χ0v) is 52.4. The highest BCUT2D eigenvalue weighted by atomic mass is 14.9. The van der Waals surface area contributed by atoms with Crippen LogP contribution in [0.25, 0.3) is 78.7 Å². The lowest BCUT2D eigenvalue weighted by atomic mass is 10.1. The van der Waals surface area contributed by atoms with E-state index in [-0.39, 0.29) is 0 Å². The molecule has 0 aliphatic heterocycles. The van der Waals surface area contributed by atoms with Gasteiger partial charge in [-0.1, -0.05) is 212 Å². The summed E-state index contributed by atoms with van der Waals surface area (Å²) in [6.07, 6.45) is 16.1.